The maximum atomic E-state index is 6.51. The molecule has 4 aliphatic heterocycles. The third-order valence-corrected chi connectivity index (χ3v) is 6.57. The zero-order valence-corrected chi connectivity index (χ0v) is 16.8. The largest absolute Gasteiger partial charge is 0.355 e. The van der Waals surface area contributed by atoms with E-state index in [0.29, 0.717) is 13.2 Å². The summed E-state index contributed by atoms with van der Waals surface area (Å²) in [6.45, 7) is 1.99. The SMILES string of the molecule is c1ccc(CO[C@@H]2O[C@@H]3CO[C@@H](c4ccccc4)O[C@H]3[C@H]3OC4CCCN4C23)cc1. The van der Waals surface area contributed by atoms with Gasteiger partial charge in [-0.15, -0.1) is 0 Å². The maximum Gasteiger partial charge on any atom is 0.184 e. The molecule has 2 unspecified atom stereocenters. The minimum Gasteiger partial charge on any atom is -0.355 e. The van der Waals surface area contributed by atoms with Gasteiger partial charge in [-0.25, -0.2) is 0 Å². The quantitative estimate of drug-likeness (QED) is 0.773. The molecule has 4 saturated heterocycles. The third-order valence-electron chi connectivity index (χ3n) is 6.57. The van der Waals surface area contributed by atoms with E-state index in [1.807, 2.05) is 48.5 Å². The molecule has 4 aliphatic rings. The summed E-state index contributed by atoms with van der Waals surface area (Å²) in [6, 6.07) is 20.3. The summed E-state index contributed by atoms with van der Waals surface area (Å²) in [5.74, 6) is 0. The van der Waals surface area contributed by atoms with E-state index in [1.54, 1.807) is 0 Å². The zero-order valence-electron chi connectivity index (χ0n) is 16.8. The Morgan fingerprint density at radius 2 is 1.70 bits per heavy atom. The van der Waals surface area contributed by atoms with Crippen LogP contribution in [0.4, 0.5) is 0 Å². The molecule has 6 rings (SSSR count). The Hall–Kier alpha value is -1.80. The number of benzene rings is 2. The van der Waals surface area contributed by atoms with Gasteiger partial charge in [0.1, 0.15) is 24.5 Å². The highest BCUT2D eigenvalue weighted by atomic mass is 16.8. The molecule has 2 aromatic rings. The molecule has 0 aromatic heterocycles. The Bertz CT molecular complexity index is 849. The highest BCUT2D eigenvalue weighted by molar-refractivity contribution is 5.17. The van der Waals surface area contributed by atoms with E-state index < -0.39 is 6.29 Å². The monoisotopic (exact) mass is 409 g/mol. The van der Waals surface area contributed by atoms with E-state index in [9.17, 15) is 0 Å². The van der Waals surface area contributed by atoms with Gasteiger partial charge < -0.3 is 23.7 Å². The Morgan fingerprint density at radius 1 is 0.900 bits per heavy atom. The molecule has 4 heterocycles. The number of hydrogen-bond donors (Lipinski definition) is 0. The lowest BCUT2D eigenvalue weighted by Crippen LogP contribution is -2.63. The fourth-order valence-corrected chi connectivity index (χ4v) is 5.16. The first kappa shape index (κ1) is 18.9. The summed E-state index contributed by atoms with van der Waals surface area (Å²) in [4.78, 5) is 2.41. The molecule has 0 radical (unpaired) electrons. The van der Waals surface area contributed by atoms with E-state index in [0.717, 1.165) is 30.5 Å². The summed E-state index contributed by atoms with van der Waals surface area (Å²) in [6.07, 6.45) is 1.12. The molecule has 6 nitrogen and oxygen atoms in total. The smallest absolute Gasteiger partial charge is 0.184 e. The lowest BCUT2D eigenvalue weighted by atomic mass is 9.95. The van der Waals surface area contributed by atoms with Crippen molar-refractivity contribution < 1.29 is 23.7 Å². The number of rotatable bonds is 4. The van der Waals surface area contributed by atoms with E-state index in [1.165, 1.54) is 0 Å². The van der Waals surface area contributed by atoms with Crippen molar-refractivity contribution in [2.75, 3.05) is 13.2 Å². The fourth-order valence-electron chi connectivity index (χ4n) is 5.16. The van der Waals surface area contributed by atoms with Gasteiger partial charge in [0.2, 0.25) is 0 Å². The highest BCUT2D eigenvalue weighted by Crippen LogP contribution is 2.43. The second kappa shape index (κ2) is 8.04. The lowest BCUT2D eigenvalue weighted by Gasteiger charge is -2.47. The zero-order chi connectivity index (χ0) is 19.9. The summed E-state index contributed by atoms with van der Waals surface area (Å²) in [7, 11) is 0. The highest BCUT2D eigenvalue weighted by Gasteiger charge is 2.59. The molecule has 7 atom stereocenters. The van der Waals surface area contributed by atoms with Gasteiger partial charge in [-0.05, 0) is 18.4 Å². The van der Waals surface area contributed by atoms with Crippen LogP contribution in [0.2, 0.25) is 0 Å². The molecule has 0 aliphatic carbocycles. The Morgan fingerprint density at radius 3 is 2.53 bits per heavy atom. The molecule has 2 aromatic carbocycles. The topological polar surface area (TPSA) is 49.4 Å². The van der Waals surface area contributed by atoms with Gasteiger partial charge in [-0.1, -0.05) is 60.7 Å². The van der Waals surface area contributed by atoms with Gasteiger partial charge in [0, 0.05) is 12.1 Å². The molecule has 30 heavy (non-hydrogen) atoms. The maximum absolute atomic E-state index is 6.51. The van der Waals surface area contributed by atoms with Crippen LogP contribution < -0.4 is 0 Å². The third kappa shape index (κ3) is 3.38. The van der Waals surface area contributed by atoms with Crippen molar-refractivity contribution in [1.82, 2.24) is 4.90 Å². The second-order valence-corrected chi connectivity index (χ2v) is 8.44. The van der Waals surface area contributed by atoms with Gasteiger partial charge in [0.25, 0.3) is 0 Å². The summed E-state index contributed by atoms with van der Waals surface area (Å²) >= 11 is 0. The normalized spacial score (nSPS) is 38.1. The van der Waals surface area contributed by atoms with E-state index in [4.69, 9.17) is 23.7 Å². The molecule has 0 spiro atoms. The minimum atomic E-state index is -0.391. The first-order valence-electron chi connectivity index (χ1n) is 10.9. The first-order valence-corrected chi connectivity index (χ1v) is 10.9. The van der Waals surface area contributed by atoms with Gasteiger partial charge in [-0.3, -0.25) is 4.90 Å². The molecule has 158 valence electrons. The van der Waals surface area contributed by atoms with E-state index in [-0.39, 0.29) is 36.9 Å². The number of fused-ring (bicyclic) bond motifs is 5. The predicted octanol–water partition coefficient (Wildman–Crippen LogP) is 3.23. The van der Waals surface area contributed by atoms with Crippen LogP contribution in [0.25, 0.3) is 0 Å². The minimum absolute atomic E-state index is 0.0389. The van der Waals surface area contributed by atoms with Crippen LogP contribution in [0, 0.1) is 0 Å². The summed E-state index contributed by atoms with van der Waals surface area (Å²) in [5, 5.41) is 0. The molecule has 4 fully saturated rings. The lowest BCUT2D eigenvalue weighted by molar-refractivity contribution is -0.343. The Kier molecular flexibility index (Phi) is 5.07. The van der Waals surface area contributed by atoms with E-state index >= 15 is 0 Å². The fraction of sp³-hybridized carbons (Fsp3) is 0.500. The van der Waals surface area contributed by atoms with Crippen molar-refractivity contribution in [2.45, 2.75) is 62.6 Å². The summed E-state index contributed by atoms with van der Waals surface area (Å²) in [5.41, 5.74) is 2.16. The molecule has 0 saturated carbocycles. The number of hydrogen-bond acceptors (Lipinski definition) is 6. The number of ether oxygens (including phenoxy) is 5. The van der Waals surface area contributed by atoms with Crippen molar-refractivity contribution in [2.24, 2.45) is 0 Å². The predicted molar refractivity (Wildman–Crippen MR) is 108 cm³/mol. The van der Waals surface area contributed by atoms with Crippen LogP contribution in [-0.2, 0) is 30.3 Å². The van der Waals surface area contributed by atoms with Gasteiger partial charge in [0.05, 0.1) is 19.3 Å². The van der Waals surface area contributed by atoms with Crippen LogP contribution >= 0.6 is 0 Å². The number of nitrogens with zero attached hydrogens (tertiary/aromatic N) is 1. The van der Waals surface area contributed by atoms with Crippen molar-refractivity contribution in [1.29, 1.82) is 0 Å². The summed E-state index contributed by atoms with van der Waals surface area (Å²) < 4.78 is 31.7. The van der Waals surface area contributed by atoms with Crippen LogP contribution in [0.15, 0.2) is 60.7 Å². The molecule has 0 bridgehead atoms. The Labute approximate surface area is 176 Å². The van der Waals surface area contributed by atoms with Crippen molar-refractivity contribution in [3.8, 4) is 0 Å². The van der Waals surface area contributed by atoms with Crippen LogP contribution in [0.3, 0.4) is 0 Å². The van der Waals surface area contributed by atoms with Crippen LogP contribution in [-0.4, -0.2) is 54.9 Å². The van der Waals surface area contributed by atoms with Crippen molar-refractivity contribution in [3.05, 3.63) is 71.8 Å². The molecule has 0 N–H and O–H groups in total. The average Bonchev–Trinajstić information content (AvgIpc) is 3.40. The average molecular weight is 409 g/mol. The molecule has 6 heteroatoms. The van der Waals surface area contributed by atoms with E-state index in [2.05, 4.69) is 17.0 Å². The van der Waals surface area contributed by atoms with Crippen molar-refractivity contribution in [3.63, 3.8) is 0 Å². The van der Waals surface area contributed by atoms with Crippen LogP contribution in [0.1, 0.15) is 30.3 Å². The first-order chi connectivity index (χ1) is 14.9. The molecule has 0 amide bonds. The van der Waals surface area contributed by atoms with Crippen molar-refractivity contribution >= 4 is 0 Å². The molecular weight excluding hydrogens is 382 g/mol. The second-order valence-electron chi connectivity index (χ2n) is 8.44. The Balaban J connectivity index is 1.23. The van der Waals surface area contributed by atoms with Gasteiger partial charge in [-0.2, -0.15) is 0 Å². The standard InChI is InChI=1S/C24H27NO5/c1-3-8-16(9-4-1)14-26-24-20-22(29-19-12-7-13-25(19)20)21-18(28-24)15-27-23(30-21)17-10-5-2-6-11-17/h1-6,8-11,18-24H,7,12-15H2/t18-,19?,20?,21-,22+,23-,24-/m1/s1. The molecular formula is C24H27NO5. The van der Waals surface area contributed by atoms with Gasteiger partial charge in [0.15, 0.2) is 12.6 Å². The van der Waals surface area contributed by atoms with Crippen LogP contribution in [0.5, 0.6) is 0 Å². The van der Waals surface area contributed by atoms with Gasteiger partial charge >= 0.3 is 0 Å².